The highest BCUT2D eigenvalue weighted by Crippen LogP contribution is 2.37. The van der Waals surface area contributed by atoms with Crippen molar-refractivity contribution in [3.63, 3.8) is 0 Å². The Labute approximate surface area is 103 Å². The van der Waals surface area contributed by atoms with Gasteiger partial charge in [0.15, 0.2) is 0 Å². The molecule has 1 aromatic rings. The van der Waals surface area contributed by atoms with E-state index >= 15 is 0 Å². The van der Waals surface area contributed by atoms with Crippen molar-refractivity contribution in [2.45, 2.75) is 44.0 Å². The van der Waals surface area contributed by atoms with Gasteiger partial charge in [-0.3, -0.25) is 0 Å². The Bertz CT molecular complexity index is 392. The fraction of sp³-hybridized carbons (Fsp3) is 0.571. The first-order valence-corrected chi connectivity index (χ1v) is 7.20. The predicted molar refractivity (Wildman–Crippen MR) is 72.3 cm³/mol. The molecular weight excluding hydrogens is 214 g/mol. The van der Waals surface area contributed by atoms with Gasteiger partial charge in [-0.25, -0.2) is 0 Å². The van der Waals surface area contributed by atoms with E-state index in [2.05, 4.69) is 44.5 Å². The fourth-order valence-corrected chi connectivity index (χ4v) is 3.31. The normalized spacial score (nSPS) is 25.0. The zero-order chi connectivity index (χ0) is 11.8. The molecule has 0 amide bonds. The van der Waals surface area contributed by atoms with Gasteiger partial charge in [0.2, 0.25) is 0 Å². The van der Waals surface area contributed by atoms with E-state index in [1.807, 2.05) is 11.8 Å². The van der Waals surface area contributed by atoms with Gasteiger partial charge in [-0.1, -0.05) is 6.07 Å². The molecule has 88 valence electrons. The van der Waals surface area contributed by atoms with E-state index in [4.69, 9.17) is 0 Å². The van der Waals surface area contributed by atoms with Crippen molar-refractivity contribution in [1.29, 1.82) is 0 Å². The first kappa shape index (κ1) is 12.0. The number of rotatable bonds is 2. The van der Waals surface area contributed by atoms with Crippen LogP contribution in [0.4, 0.5) is 0 Å². The number of thioether (sulfide) groups is 1. The molecule has 0 aliphatic carbocycles. The molecule has 1 aromatic carbocycles. The van der Waals surface area contributed by atoms with Crippen molar-refractivity contribution >= 4 is 11.8 Å². The van der Waals surface area contributed by atoms with Crippen LogP contribution in [-0.4, -0.2) is 12.8 Å². The minimum absolute atomic E-state index is 0.191. The Kier molecular flexibility index (Phi) is 3.32. The van der Waals surface area contributed by atoms with E-state index in [9.17, 15) is 0 Å². The van der Waals surface area contributed by atoms with Crippen molar-refractivity contribution in [3.05, 3.63) is 28.8 Å². The van der Waals surface area contributed by atoms with Crippen LogP contribution in [0.25, 0.3) is 0 Å². The summed E-state index contributed by atoms with van der Waals surface area (Å²) < 4.78 is 0. The van der Waals surface area contributed by atoms with Crippen LogP contribution in [0, 0.1) is 13.8 Å². The van der Waals surface area contributed by atoms with Crippen molar-refractivity contribution in [2.24, 2.45) is 0 Å². The highest BCUT2D eigenvalue weighted by Gasteiger charge is 2.32. The molecule has 16 heavy (non-hydrogen) atoms. The number of aryl methyl sites for hydroxylation is 2. The summed E-state index contributed by atoms with van der Waals surface area (Å²) in [5, 5.41) is 3.66. The summed E-state index contributed by atoms with van der Waals surface area (Å²) in [4.78, 5) is 1.43. The van der Waals surface area contributed by atoms with Crippen LogP contribution in [0.15, 0.2) is 17.0 Å². The number of hydrogen-bond acceptors (Lipinski definition) is 2. The van der Waals surface area contributed by atoms with Crippen molar-refractivity contribution in [1.82, 2.24) is 5.32 Å². The molecule has 1 aliphatic rings. The van der Waals surface area contributed by atoms with Gasteiger partial charge in [-0.05, 0) is 69.2 Å². The van der Waals surface area contributed by atoms with Crippen LogP contribution in [-0.2, 0) is 5.54 Å². The van der Waals surface area contributed by atoms with E-state index < -0.39 is 0 Å². The summed E-state index contributed by atoms with van der Waals surface area (Å²) in [6, 6.07) is 4.71. The Hall–Kier alpha value is -0.470. The predicted octanol–water partition coefficient (Wildman–Crippen LogP) is 3.62. The first-order valence-electron chi connectivity index (χ1n) is 5.97. The lowest BCUT2D eigenvalue weighted by Gasteiger charge is -2.28. The van der Waals surface area contributed by atoms with Crippen LogP contribution in [0.2, 0.25) is 0 Å². The Balaban J connectivity index is 2.50. The van der Waals surface area contributed by atoms with Crippen LogP contribution >= 0.6 is 11.8 Å². The van der Waals surface area contributed by atoms with Gasteiger partial charge in [0.25, 0.3) is 0 Å². The van der Waals surface area contributed by atoms with Gasteiger partial charge in [0.1, 0.15) is 0 Å². The Morgan fingerprint density at radius 3 is 2.50 bits per heavy atom. The molecule has 0 saturated carbocycles. The van der Waals surface area contributed by atoms with E-state index in [0.717, 1.165) is 6.54 Å². The number of hydrogen-bond donors (Lipinski definition) is 1. The fourth-order valence-electron chi connectivity index (χ4n) is 2.51. The standard InChI is InChI=1S/C14H21NS/c1-10-8-12(13(16-4)9-11(10)2)14(3)6-5-7-15-14/h8-9,15H,5-7H2,1-4H3. The molecular formula is C14H21NS. The van der Waals surface area contributed by atoms with Crippen LogP contribution in [0.5, 0.6) is 0 Å². The SMILES string of the molecule is CSc1cc(C)c(C)cc1C1(C)CCCN1. The van der Waals surface area contributed by atoms with Gasteiger partial charge < -0.3 is 5.32 Å². The maximum atomic E-state index is 3.66. The summed E-state index contributed by atoms with van der Waals surface area (Å²) in [5.41, 5.74) is 4.48. The van der Waals surface area contributed by atoms with Gasteiger partial charge in [0.05, 0.1) is 0 Å². The second-order valence-electron chi connectivity index (χ2n) is 5.00. The molecule has 1 fully saturated rings. The summed E-state index contributed by atoms with van der Waals surface area (Å²) in [6.45, 7) is 7.89. The second kappa shape index (κ2) is 4.42. The second-order valence-corrected chi connectivity index (χ2v) is 5.85. The monoisotopic (exact) mass is 235 g/mol. The molecule has 0 spiro atoms. The molecule has 1 unspecified atom stereocenters. The summed E-state index contributed by atoms with van der Waals surface area (Å²) in [7, 11) is 0. The summed E-state index contributed by atoms with van der Waals surface area (Å²) >= 11 is 1.86. The Morgan fingerprint density at radius 1 is 1.25 bits per heavy atom. The average molecular weight is 235 g/mol. The Morgan fingerprint density at radius 2 is 1.94 bits per heavy atom. The maximum absolute atomic E-state index is 3.66. The lowest BCUT2D eigenvalue weighted by molar-refractivity contribution is 0.426. The molecule has 1 heterocycles. The smallest absolute Gasteiger partial charge is 0.0417 e. The van der Waals surface area contributed by atoms with E-state index in [1.54, 1.807) is 0 Å². The summed E-state index contributed by atoms with van der Waals surface area (Å²) in [6.07, 6.45) is 4.71. The van der Waals surface area contributed by atoms with Gasteiger partial charge in [-0.15, -0.1) is 11.8 Å². The lowest BCUT2D eigenvalue weighted by atomic mass is 9.88. The molecule has 1 aliphatic heterocycles. The van der Waals surface area contributed by atoms with Crippen molar-refractivity contribution in [2.75, 3.05) is 12.8 Å². The molecule has 0 aromatic heterocycles. The highest BCUT2D eigenvalue weighted by molar-refractivity contribution is 7.98. The summed E-state index contributed by atoms with van der Waals surface area (Å²) in [5.74, 6) is 0. The minimum atomic E-state index is 0.191. The molecule has 2 rings (SSSR count). The van der Waals surface area contributed by atoms with Crippen molar-refractivity contribution < 1.29 is 0 Å². The van der Waals surface area contributed by atoms with Crippen LogP contribution in [0.1, 0.15) is 36.5 Å². The van der Waals surface area contributed by atoms with E-state index in [-0.39, 0.29) is 5.54 Å². The molecule has 1 saturated heterocycles. The molecule has 0 bridgehead atoms. The zero-order valence-electron chi connectivity index (χ0n) is 10.7. The highest BCUT2D eigenvalue weighted by atomic mass is 32.2. The quantitative estimate of drug-likeness (QED) is 0.786. The number of nitrogens with one attached hydrogen (secondary N) is 1. The third-order valence-electron chi connectivity index (χ3n) is 3.78. The molecule has 0 radical (unpaired) electrons. The van der Waals surface area contributed by atoms with Gasteiger partial charge in [-0.2, -0.15) is 0 Å². The topological polar surface area (TPSA) is 12.0 Å². The largest absolute Gasteiger partial charge is 0.308 e. The third-order valence-corrected chi connectivity index (χ3v) is 4.56. The van der Waals surface area contributed by atoms with E-state index in [1.165, 1.54) is 34.4 Å². The first-order chi connectivity index (χ1) is 7.57. The zero-order valence-corrected chi connectivity index (χ0v) is 11.5. The van der Waals surface area contributed by atoms with Gasteiger partial charge >= 0.3 is 0 Å². The van der Waals surface area contributed by atoms with Crippen LogP contribution < -0.4 is 5.32 Å². The lowest BCUT2D eigenvalue weighted by Crippen LogP contribution is -2.33. The van der Waals surface area contributed by atoms with Crippen molar-refractivity contribution in [3.8, 4) is 0 Å². The van der Waals surface area contributed by atoms with E-state index in [0.29, 0.717) is 0 Å². The number of benzene rings is 1. The molecule has 2 heteroatoms. The van der Waals surface area contributed by atoms with Gasteiger partial charge in [0, 0.05) is 10.4 Å². The molecule has 1 nitrogen and oxygen atoms in total. The average Bonchev–Trinajstić information content (AvgIpc) is 2.69. The molecule has 1 N–H and O–H groups in total. The van der Waals surface area contributed by atoms with Crippen LogP contribution in [0.3, 0.4) is 0 Å². The third kappa shape index (κ3) is 2.01. The minimum Gasteiger partial charge on any atom is -0.308 e. The maximum Gasteiger partial charge on any atom is 0.0417 e. The molecule has 1 atom stereocenters.